The highest BCUT2D eigenvalue weighted by Gasteiger charge is 2.18. The summed E-state index contributed by atoms with van der Waals surface area (Å²) in [5.74, 6) is -0.707. The molecule has 0 fully saturated rings. The van der Waals surface area contributed by atoms with Gasteiger partial charge in [-0.15, -0.1) is 0 Å². The first-order valence-electron chi connectivity index (χ1n) is 9.16. The molecule has 5 nitrogen and oxygen atoms in total. The minimum absolute atomic E-state index is 0.166. The van der Waals surface area contributed by atoms with Gasteiger partial charge in [0, 0.05) is 11.8 Å². The molecule has 0 aliphatic heterocycles. The van der Waals surface area contributed by atoms with Crippen LogP contribution in [-0.2, 0) is 17.9 Å². The van der Waals surface area contributed by atoms with Crippen molar-refractivity contribution in [1.82, 2.24) is 9.55 Å². The largest absolute Gasteiger partial charge is 0.306 e. The van der Waals surface area contributed by atoms with E-state index in [0.29, 0.717) is 6.54 Å². The first-order valence-corrected chi connectivity index (χ1v) is 9.16. The van der Waals surface area contributed by atoms with E-state index >= 15 is 0 Å². The zero-order chi connectivity index (χ0) is 20.2. The van der Waals surface area contributed by atoms with Crippen molar-refractivity contribution >= 4 is 22.5 Å². The Balaban J connectivity index is 1.66. The number of fused-ring (bicyclic) bond motifs is 1. The van der Waals surface area contributed by atoms with Gasteiger partial charge in [0.2, 0.25) is 5.91 Å². The van der Waals surface area contributed by atoms with Gasteiger partial charge in [-0.2, -0.15) is 0 Å². The van der Waals surface area contributed by atoms with E-state index in [0.717, 1.165) is 11.3 Å². The Kier molecular flexibility index (Phi) is 5.16. The van der Waals surface area contributed by atoms with Crippen molar-refractivity contribution in [2.75, 3.05) is 4.90 Å². The molecule has 0 saturated carbocycles. The number of nitrogens with zero attached hydrogens (tertiary/aromatic N) is 3. The number of hydrogen-bond donors (Lipinski definition) is 0. The van der Waals surface area contributed by atoms with E-state index in [1.807, 2.05) is 60.7 Å². The first-order chi connectivity index (χ1) is 14.1. The summed E-state index contributed by atoms with van der Waals surface area (Å²) in [6.45, 7) is 0.214. The van der Waals surface area contributed by atoms with Crippen LogP contribution in [0.15, 0.2) is 90.0 Å². The molecule has 4 rings (SSSR count). The molecule has 1 amide bonds. The van der Waals surface area contributed by atoms with Gasteiger partial charge in [0.05, 0.1) is 23.8 Å². The number of anilines is 1. The lowest BCUT2D eigenvalue weighted by Gasteiger charge is -2.23. The first kappa shape index (κ1) is 18.6. The maximum absolute atomic E-state index is 13.4. The average molecular weight is 387 g/mol. The maximum atomic E-state index is 13.4. The van der Waals surface area contributed by atoms with Crippen LogP contribution in [0.5, 0.6) is 0 Å². The molecule has 0 aliphatic carbocycles. The minimum Gasteiger partial charge on any atom is -0.306 e. The summed E-state index contributed by atoms with van der Waals surface area (Å²) in [7, 11) is 0. The molecule has 4 aromatic rings. The fourth-order valence-electron chi connectivity index (χ4n) is 3.17. The summed E-state index contributed by atoms with van der Waals surface area (Å²) in [5.41, 5.74) is 1.60. The number of aromatic nitrogens is 2. The lowest BCUT2D eigenvalue weighted by atomic mass is 10.2. The fourth-order valence-corrected chi connectivity index (χ4v) is 3.17. The second kappa shape index (κ2) is 8.06. The second-order valence-corrected chi connectivity index (χ2v) is 6.64. The number of benzene rings is 3. The molecule has 0 unspecified atom stereocenters. The summed E-state index contributed by atoms with van der Waals surface area (Å²) in [5, 5.41) is 0.274. The third kappa shape index (κ3) is 4.06. The van der Waals surface area contributed by atoms with Gasteiger partial charge in [-0.3, -0.25) is 14.2 Å². The molecular weight excluding hydrogens is 369 g/mol. The molecule has 144 valence electrons. The standard InChI is InChI=1S/C23H18FN3O2/c24-18-11-12-20-21(13-18)25-16-26(23(20)29)15-22(28)27(19-9-5-2-6-10-19)14-17-7-3-1-4-8-17/h1-13,16H,14-15H2. The van der Waals surface area contributed by atoms with Crippen LogP contribution in [0.25, 0.3) is 10.9 Å². The van der Waals surface area contributed by atoms with Gasteiger partial charge in [-0.05, 0) is 29.8 Å². The number of amides is 1. The summed E-state index contributed by atoms with van der Waals surface area (Å²) >= 11 is 0. The zero-order valence-electron chi connectivity index (χ0n) is 15.5. The lowest BCUT2D eigenvalue weighted by molar-refractivity contribution is -0.119. The zero-order valence-corrected chi connectivity index (χ0v) is 15.5. The van der Waals surface area contributed by atoms with Crippen molar-refractivity contribution in [2.24, 2.45) is 0 Å². The van der Waals surface area contributed by atoms with Crippen molar-refractivity contribution in [3.63, 3.8) is 0 Å². The Labute approximate surface area is 166 Å². The van der Waals surface area contributed by atoms with Gasteiger partial charge in [0.1, 0.15) is 12.4 Å². The van der Waals surface area contributed by atoms with Crippen molar-refractivity contribution in [2.45, 2.75) is 13.1 Å². The van der Waals surface area contributed by atoms with Crippen LogP contribution in [0.4, 0.5) is 10.1 Å². The molecular formula is C23H18FN3O2. The van der Waals surface area contributed by atoms with Crippen LogP contribution in [0, 0.1) is 5.82 Å². The Morgan fingerprint density at radius 2 is 1.66 bits per heavy atom. The van der Waals surface area contributed by atoms with E-state index in [2.05, 4.69) is 4.98 Å². The molecule has 0 spiro atoms. The molecule has 6 heteroatoms. The molecule has 3 aromatic carbocycles. The van der Waals surface area contributed by atoms with Crippen LogP contribution in [-0.4, -0.2) is 15.5 Å². The molecule has 1 aromatic heterocycles. The Bertz CT molecular complexity index is 1210. The molecule has 0 saturated heterocycles. The summed E-state index contributed by atoms with van der Waals surface area (Å²) in [6, 6.07) is 22.8. The highest BCUT2D eigenvalue weighted by atomic mass is 19.1. The van der Waals surface area contributed by atoms with E-state index < -0.39 is 5.82 Å². The highest BCUT2D eigenvalue weighted by Crippen LogP contribution is 2.18. The van der Waals surface area contributed by atoms with E-state index in [1.54, 1.807) is 4.90 Å². The normalized spacial score (nSPS) is 10.8. The van der Waals surface area contributed by atoms with Crippen LogP contribution in [0.1, 0.15) is 5.56 Å². The van der Waals surface area contributed by atoms with Crippen LogP contribution in [0.2, 0.25) is 0 Å². The Morgan fingerprint density at radius 1 is 0.966 bits per heavy atom. The van der Waals surface area contributed by atoms with Gasteiger partial charge in [-0.25, -0.2) is 9.37 Å². The number of carbonyl (C=O) groups is 1. The van der Waals surface area contributed by atoms with E-state index in [9.17, 15) is 14.0 Å². The number of carbonyl (C=O) groups excluding carboxylic acids is 1. The summed E-state index contributed by atoms with van der Waals surface area (Å²) < 4.78 is 14.6. The lowest BCUT2D eigenvalue weighted by Crippen LogP contribution is -2.36. The quantitative estimate of drug-likeness (QED) is 0.524. The third-order valence-corrected chi connectivity index (χ3v) is 4.65. The van der Waals surface area contributed by atoms with Crippen molar-refractivity contribution in [1.29, 1.82) is 0 Å². The van der Waals surface area contributed by atoms with Crippen molar-refractivity contribution < 1.29 is 9.18 Å². The van der Waals surface area contributed by atoms with Crippen molar-refractivity contribution in [3.8, 4) is 0 Å². The molecule has 0 aliphatic rings. The number of rotatable bonds is 5. The van der Waals surface area contributed by atoms with E-state index in [-0.39, 0.29) is 28.9 Å². The number of hydrogen-bond acceptors (Lipinski definition) is 3. The number of para-hydroxylation sites is 1. The average Bonchev–Trinajstić information content (AvgIpc) is 2.75. The molecule has 0 N–H and O–H groups in total. The topological polar surface area (TPSA) is 55.2 Å². The van der Waals surface area contributed by atoms with Crippen LogP contribution < -0.4 is 10.5 Å². The van der Waals surface area contributed by atoms with E-state index in [1.165, 1.54) is 29.1 Å². The SMILES string of the molecule is O=C(Cn1cnc2cc(F)ccc2c1=O)N(Cc1ccccc1)c1ccccc1. The molecule has 0 radical (unpaired) electrons. The molecule has 0 bridgehead atoms. The van der Waals surface area contributed by atoms with Gasteiger partial charge < -0.3 is 4.90 Å². The monoisotopic (exact) mass is 387 g/mol. The van der Waals surface area contributed by atoms with Gasteiger partial charge in [0.25, 0.3) is 5.56 Å². The van der Waals surface area contributed by atoms with Gasteiger partial charge in [0.15, 0.2) is 0 Å². The van der Waals surface area contributed by atoms with Gasteiger partial charge in [-0.1, -0.05) is 48.5 Å². The molecule has 0 atom stereocenters. The minimum atomic E-state index is -0.462. The van der Waals surface area contributed by atoms with Crippen molar-refractivity contribution in [3.05, 3.63) is 107 Å². The third-order valence-electron chi connectivity index (χ3n) is 4.65. The Hall–Kier alpha value is -3.80. The smallest absolute Gasteiger partial charge is 0.261 e. The maximum Gasteiger partial charge on any atom is 0.261 e. The predicted molar refractivity (Wildman–Crippen MR) is 110 cm³/mol. The summed E-state index contributed by atoms with van der Waals surface area (Å²) in [6.07, 6.45) is 1.29. The molecule has 1 heterocycles. The highest BCUT2D eigenvalue weighted by molar-refractivity contribution is 5.93. The van der Waals surface area contributed by atoms with Crippen LogP contribution >= 0.6 is 0 Å². The van der Waals surface area contributed by atoms with Gasteiger partial charge >= 0.3 is 0 Å². The van der Waals surface area contributed by atoms with Crippen LogP contribution in [0.3, 0.4) is 0 Å². The second-order valence-electron chi connectivity index (χ2n) is 6.64. The fraction of sp³-hybridized carbons (Fsp3) is 0.0870. The summed E-state index contributed by atoms with van der Waals surface area (Å²) in [4.78, 5) is 31.6. The molecule has 29 heavy (non-hydrogen) atoms. The number of halogens is 1. The predicted octanol–water partition coefficient (Wildman–Crippen LogP) is 3.77. The Morgan fingerprint density at radius 3 is 2.38 bits per heavy atom. The van der Waals surface area contributed by atoms with E-state index in [4.69, 9.17) is 0 Å².